The highest BCUT2D eigenvalue weighted by atomic mass is 35.5. The fourth-order valence-corrected chi connectivity index (χ4v) is 2.39. The van der Waals surface area contributed by atoms with Gasteiger partial charge in [-0.3, -0.25) is 4.79 Å². The molecule has 1 N–H and O–H groups in total. The number of rotatable bonds is 4. The highest BCUT2D eigenvalue weighted by Crippen LogP contribution is 2.24. The monoisotopic (exact) mass is 284 g/mol. The molecule has 0 bridgehead atoms. The number of alkyl halides is 2. The van der Waals surface area contributed by atoms with Gasteiger partial charge in [-0.2, -0.15) is 0 Å². The number of benzene rings is 1. The predicted molar refractivity (Wildman–Crippen MR) is 75.2 cm³/mol. The van der Waals surface area contributed by atoms with Crippen molar-refractivity contribution in [2.75, 3.05) is 18.0 Å². The van der Waals surface area contributed by atoms with Crippen LogP contribution in [0, 0.1) is 0 Å². The van der Waals surface area contributed by atoms with Gasteiger partial charge in [-0.25, -0.2) is 4.39 Å². The number of hydrogen-bond acceptors (Lipinski definition) is 2. The summed E-state index contributed by atoms with van der Waals surface area (Å²) in [5, 5.41) is 2.55. The molecule has 1 saturated heterocycles. The first-order valence-electron chi connectivity index (χ1n) is 6.51. The third-order valence-corrected chi connectivity index (χ3v) is 3.60. The first-order chi connectivity index (χ1) is 9.08. The third kappa shape index (κ3) is 3.60. The van der Waals surface area contributed by atoms with Gasteiger partial charge in [0.05, 0.1) is 6.04 Å². The summed E-state index contributed by atoms with van der Waals surface area (Å²) in [5.74, 6) is -0.791. The van der Waals surface area contributed by atoms with E-state index in [1.54, 1.807) is 0 Å². The smallest absolute Gasteiger partial charge is 0.270 e. The van der Waals surface area contributed by atoms with Gasteiger partial charge in [-0.1, -0.05) is 23.7 Å². The summed E-state index contributed by atoms with van der Waals surface area (Å²) in [7, 11) is 0. The molecular formula is C14H18ClFN2O. The van der Waals surface area contributed by atoms with Crippen molar-refractivity contribution >= 4 is 23.2 Å². The number of amides is 1. The highest BCUT2D eigenvalue weighted by Gasteiger charge is 2.18. The predicted octanol–water partition coefficient (Wildman–Crippen LogP) is 3.00. The van der Waals surface area contributed by atoms with Crippen LogP contribution in [0.15, 0.2) is 24.3 Å². The second-order valence-corrected chi connectivity index (χ2v) is 5.20. The van der Waals surface area contributed by atoms with Gasteiger partial charge in [0.25, 0.3) is 11.5 Å². The third-order valence-electron chi connectivity index (χ3n) is 3.40. The second kappa shape index (κ2) is 6.24. The van der Waals surface area contributed by atoms with E-state index < -0.39 is 11.5 Å². The summed E-state index contributed by atoms with van der Waals surface area (Å²) < 4.78 is 12.6. The van der Waals surface area contributed by atoms with Crippen LogP contribution in [-0.4, -0.2) is 24.6 Å². The SMILES string of the molecule is CC(NC(=O)C(F)Cl)c1cccc(N2CCCC2)c1. The zero-order valence-electron chi connectivity index (χ0n) is 10.9. The molecule has 19 heavy (non-hydrogen) atoms. The normalized spacial score (nSPS) is 18.2. The van der Waals surface area contributed by atoms with Gasteiger partial charge < -0.3 is 10.2 Å². The summed E-state index contributed by atoms with van der Waals surface area (Å²) >= 11 is 5.11. The Balaban J connectivity index is 2.07. The topological polar surface area (TPSA) is 32.3 Å². The molecule has 5 heteroatoms. The molecule has 0 spiro atoms. The molecule has 2 rings (SSSR count). The molecule has 104 valence electrons. The van der Waals surface area contributed by atoms with E-state index in [0.717, 1.165) is 24.3 Å². The fraction of sp³-hybridized carbons (Fsp3) is 0.500. The van der Waals surface area contributed by atoms with E-state index in [4.69, 9.17) is 11.6 Å². The summed E-state index contributed by atoms with van der Waals surface area (Å²) in [6.07, 6.45) is 2.43. The van der Waals surface area contributed by atoms with Crippen LogP contribution in [0.4, 0.5) is 10.1 Å². The van der Waals surface area contributed by atoms with Crippen LogP contribution in [0.3, 0.4) is 0 Å². The Morgan fingerprint density at radius 2 is 2.11 bits per heavy atom. The first kappa shape index (κ1) is 14.1. The Kier molecular flexibility index (Phi) is 4.64. The van der Waals surface area contributed by atoms with Crippen LogP contribution in [0.1, 0.15) is 31.4 Å². The Hall–Kier alpha value is -1.29. The Morgan fingerprint density at radius 1 is 1.42 bits per heavy atom. The molecule has 1 aromatic rings. The minimum absolute atomic E-state index is 0.257. The zero-order chi connectivity index (χ0) is 13.8. The van der Waals surface area contributed by atoms with Gasteiger partial charge in [0.15, 0.2) is 0 Å². The summed E-state index contributed by atoms with van der Waals surface area (Å²) in [4.78, 5) is 13.6. The molecular weight excluding hydrogens is 267 g/mol. The van der Waals surface area contributed by atoms with Crippen molar-refractivity contribution in [3.05, 3.63) is 29.8 Å². The average molecular weight is 285 g/mol. The first-order valence-corrected chi connectivity index (χ1v) is 6.95. The second-order valence-electron chi connectivity index (χ2n) is 4.82. The lowest BCUT2D eigenvalue weighted by atomic mass is 10.1. The highest BCUT2D eigenvalue weighted by molar-refractivity contribution is 6.29. The molecule has 1 amide bonds. The van der Waals surface area contributed by atoms with Crippen molar-refractivity contribution in [3.63, 3.8) is 0 Å². The number of carbonyl (C=O) groups excluding carboxylic acids is 1. The van der Waals surface area contributed by atoms with Gasteiger partial charge >= 0.3 is 0 Å². The summed E-state index contributed by atoms with van der Waals surface area (Å²) in [5.41, 5.74) is 0.109. The Morgan fingerprint density at radius 3 is 2.74 bits per heavy atom. The lowest BCUT2D eigenvalue weighted by Crippen LogP contribution is -2.31. The molecule has 0 aliphatic carbocycles. The Labute approximate surface area is 117 Å². The van der Waals surface area contributed by atoms with E-state index in [0.29, 0.717) is 0 Å². The lowest BCUT2D eigenvalue weighted by molar-refractivity contribution is -0.124. The van der Waals surface area contributed by atoms with E-state index in [1.807, 2.05) is 25.1 Å². The molecule has 0 radical (unpaired) electrons. The van der Waals surface area contributed by atoms with Crippen LogP contribution in [0.5, 0.6) is 0 Å². The Bertz CT molecular complexity index is 447. The molecule has 1 aliphatic heterocycles. The molecule has 2 atom stereocenters. The zero-order valence-corrected chi connectivity index (χ0v) is 11.7. The van der Waals surface area contributed by atoms with E-state index in [2.05, 4.69) is 16.3 Å². The molecule has 2 unspecified atom stereocenters. The minimum atomic E-state index is -2.00. The van der Waals surface area contributed by atoms with Crippen molar-refractivity contribution in [1.82, 2.24) is 5.32 Å². The molecule has 3 nitrogen and oxygen atoms in total. The maximum Gasteiger partial charge on any atom is 0.270 e. The number of nitrogens with zero attached hydrogens (tertiary/aromatic N) is 1. The standard InChI is InChI=1S/C14H18ClFN2O/c1-10(17-14(19)13(15)16)11-5-4-6-12(9-11)18-7-2-3-8-18/h4-6,9-10,13H,2-3,7-8H2,1H3,(H,17,19). The van der Waals surface area contributed by atoms with Crippen molar-refractivity contribution < 1.29 is 9.18 Å². The van der Waals surface area contributed by atoms with Gasteiger partial charge in [-0.15, -0.1) is 0 Å². The number of halogens is 2. The van der Waals surface area contributed by atoms with Gasteiger partial charge in [0.2, 0.25) is 0 Å². The van der Waals surface area contributed by atoms with Gasteiger partial charge in [0, 0.05) is 18.8 Å². The number of carbonyl (C=O) groups is 1. The largest absolute Gasteiger partial charge is 0.372 e. The molecule has 0 aromatic heterocycles. The summed E-state index contributed by atoms with van der Waals surface area (Å²) in [6, 6.07) is 7.72. The van der Waals surface area contributed by atoms with Crippen LogP contribution >= 0.6 is 11.6 Å². The van der Waals surface area contributed by atoms with Crippen LogP contribution < -0.4 is 10.2 Å². The number of hydrogen-bond donors (Lipinski definition) is 1. The van der Waals surface area contributed by atoms with Crippen LogP contribution in [0.25, 0.3) is 0 Å². The number of nitrogens with one attached hydrogen (secondary N) is 1. The lowest BCUT2D eigenvalue weighted by Gasteiger charge is -2.20. The molecule has 1 aromatic carbocycles. The van der Waals surface area contributed by atoms with E-state index in [9.17, 15) is 9.18 Å². The minimum Gasteiger partial charge on any atom is -0.372 e. The fourth-order valence-electron chi connectivity index (χ4n) is 2.33. The van der Waals surface area contributed by atoms with Crippen LogP contribution in [0.2, 0.25) is 0 Å². The van der Waals surface area contributed by atoms with Crippen molar-refractivity contribution in [2.45, 2.75) is 31.4 Å². The average Bonchev–Trinajstić information content (AvgIpc) is 2.92. The van der Waals surface area contributed by atoms with Crippen LogP contribution in [-0.2, 0) is 4.79 Å². The van der Waals surface area contributed by atoms with E-state index in [1.165, 1.54) is 12.8 Å². The van der Waals surface area contributed by atoms with Crippen molar-refractivity contribution in [2.24, 2.45) is 0 Å². The maximum absolute atomic E-state index is 12.6. The van der Waals surface area contributed by atoms with E-state index >= 15 is 0 Å². The number of anilines is 1. The molecule has 1 fully saturated rings. The van der Waals surface area contributed by atoms with Gasteiger partial charge in [-0.05, 0) is 37.5 Å². The maximum atomic E-state index is 12.6. The quantitative estimate of drug-likeness (QED) is 0.862. The summed E-state index contributed by atoms with van der Waals surface area (Å²) in [6.45, 7) is 3.96. The van der Waals surface area contributed by atoms with Crippen molar-refractivity contribution in [3.8, 4) is 0 Å². The van der Waals surface area contributed by atoms with Crippen molar-refractivity contribution in [1.29, 1.82) is 0 Å². The molecule has 0 saturated carbocycles. The molecule has 1 heterocycles. The van der Waals surface area contributed by atoms with E-state index in [-0.39, 0.29) is 6.04 Å². The molecule has 1 aliphatic rings. The van der Waals surface area contributed by atoms with Gasteiger partial charge in [0.1, 0.15) is 0 Å².